The average Bonchev–Trinajstić information content (AvgIpc) is 2.79. The molecule has 3 heterocycles. The monoisotopic (exact) mass is 491 g/mol. The Labute approximate surface area is 205 Å². The number of carbonyl (C=O) groups is 1. The van der Waals surface area contributed by atoms with Crippen LogP contribution in [-0.2, 0) is 14.8 Å². The van der Waals surface area contributed by atoms with Crippen molar-refractivity contribution < 1.29 is 17.9 Å². The Bertz CT molecular complexity index is 964. The van der Waals surface area contributed by atoms with Crippen LogP contribution < -0.4 is 0 Å². The average molecular weight is 492 g/mol. The number of hydrogen-bond acceptors (Lipinski definition) is 5. The van der Waals surface area contributed by atoms with Crippen molar-refractivity contribution in [3.63, 3.8) is 0 Å². The summed E-state index contributed by atoms with van der Waals surface area (Å²) in [5, 5.41) is 0. The lowest BCUT2D eigenvalue weighted by molar-refractivity contribution is -0.0728. The van der Waals surface area contributed by atoms with Crippen LogP contribution in [0.15, 0.2) is 23.1 Å². The van der Waals surface area contributed by atoms with Crippen LogP contribution in [0.5, 0.6) is 0 Å². The minimum Gasteiger partial charge on any atom is -0.373 e. The molecule has 8 heteroatoms. The lowest BCUT2D eigenvalue weighted by Gasteiger charge is -2.39. The second-order valence-electron chi connectivity index (χ2n) is 10.6. The summed E-state index contributed by atoms with van der Waals surface area (Å²) >= 11 is 0. The van der Waals surface area contributed by atoms with Gasteiger partial charge in [0.15, 0.2) is 0 Å². The molecular formula is C26H41N3O4S. The standard InChI is InChI=1S/C26H41N3O4S/c1-19-8-9-24(34(31,32)29-12-6-5-7-20(29)2)15-25(19)26(30)28-13-10-23(11-14-28)18-27-16-21(3)33-22(4)17-27/h8-9,15,20-23H,5-7,10-14,16-18H2,1-4H3. The highest BCUT2D eigenvalue weighted by molar-refractivity contribution is 7.89. The molecule has 0 saturated carbocycles. The van der Waals surface area contributed by atoms with Crippen LogP contribution in [0.1, 0.15) is 68.8 Å². The molecule has 1 aromatic carbocycles. The molecule has 7 nitrogen and oxygen atoms in total. The third-order valence-electron chi connectivity index (χ3n) is 7.70. The SMILES string of the molecule is Cc1ccc(S(=O)(=O)N2CCCCC2C)cc1C(=O)N1CCC(CN2CC(C)OC(C)C2)CC1. The smallest absolute Gasteiger partial charge is 0.254 e. The summed E-state index contributed by atoms with van der Waals surface area (Å²) in [6.45, 7) is 13.1. The molecule has 3 aliphatic heterocycles. The van der Waals surface area contributed by atoms with E-state index in [1.165, 1.54) is 0 Å². The van der Waals surface area contributed by atoms with E-state index in [2.05, 4.69) is 18.7 Å². The van der Waals surface area contributed by atoms with E-state index >= 15 is 0 Å². The molecule has 3 atom stereocenters. The fourth-order valence-corrected chi connectivity index (χ4v) is 7.57. The van der Waals surface area contributed by atoms with Crippen molar-refractivity contribution in [1.29, 1.82) is 0 Å². The first-order valence-electron chi connectivity index (χ1n) is 12.9. The third kappa shape index (κ3) is 5.66. The van der Waals surface area contributed by atoms with E-state index in [1.54, 1.807) is 22.5 Å². The van der Waals surface area contributed by atoms with Crippen molar-refractivity contribution in [2.24, 2.45) is 5.92 Å². The van der Waals surface area contributed by atoms with E-state index in [9.17, 15) is 13.2 Å². The molecule has 190 valence electrons. The predicted molar refractivity (Wildman–Crippen MR) is 133 cm³/mol. The Kier molecular flexibility index (Phi) is 8.02. The van der Waals surface area contributed by atoms with E-state index in [-0.39, 0.29) is 29.1 Å². The summed E-state index contributed by atoms with van der Waals surface area (Å²) in [5.41, 5.74) is 1.34. The molecule has 34 heavy (non-hydrogen) atoms. The van der Waals surface area contributed by atoms with Crippen molar-refractivity contribution in [3.05, 3.63) is 29.3 Å². The van der Waals surface area contributed by atoms with Gasteiger partial charge < -0.3 is 9.64 Å². The van der Waals surface area contributed by atoms with Crippen LogP contribution in [0.2, 0.25) is 0 Å². The predicted octanol–water partition coefficient (Wildman–Crippen LogP) is 3.52. The van der Waals surface area contributed by atoms with Gasteiger partial charge >= 0.3 is 0 Å². The molecule has 0 aliphatic carbocycles. The maximum Gasteiger partial charge on any atom is 0.254 e. The van der Waals surface area contributed by atoms with Crippen LogP contribution in [0.4, 0.5) is 0 Å². The van der Waals surface area contributed by atoms with E-state index in [0.29, 0.717) is 18.0 Å². The number of likely N-dealkylation sites (tertiary alicyclic amines) is 1. The molecular weight excluding hydrogens is 450 g/mol. The Morgan fingerprint density at radius 2 is 1.68 bits per heavy atom. The van der Waals surface area contributed by atoms with Gasteiger partial charge in [-0.1, -0.05) is 12.5 Å². The largest absolute Gasteiger partial charge is 0.373 e. The molecule has 0 spiro atoms. The third-order valence-corrected chi connectivity index (χ3v) is 9.71. The fraction of sp³-hybridized carbons (Fsp3) is 0.731. The number of ether oxygens (including phenoxy) is 1. The van der Waals surface area contributed by atoms with Crippen LogP contribution in [0, 0.1) is 12.8 Å². The summed E-state index contributed by atoms with van der Waals surface area (Å²) in [6.07, 6.45) is 5.33. The zero-order chi connectivity index (χ0) is 24.5. The number of amides is 1. The second kappa shape index (κ2) is 10.6. The number of piperidine rings is 2. The second-order valence-corrected chi connectivity index (χ2v) is 12.5. The van der Waals surface area contributed by atoms with Gasteiger partial charge in [0.25, 0.3) is 5.91 Å². The van der Waals surface area contributed by atoms with Gasteiger partial charge in [0, 0.05) is 50.9 Å². The number of sulfonamides is 1. The molecule has 1 aromatic rings. The van der Waals surface area contributed by atoms with Crippen LogP contribution in [0.25, 0.3) is 0 Å². The molecule has 0 bridgehead atoms. The van der Waals surface area contributed by atoms with E-state index in [0.717, 1.165) is 70.4 Å². The van der Waals surface area contributed by atoms with Gasteiger partial charge in [-0.2, -0.15) is 4.31 Å². The Morgan fingerprint density at radius 3 is 2.32 bits per heavy atom. The number of carbonyl (C=O) groups excluding carboxylic acids is 1. The highest BCUT2D eigenvalue weighted by Gasteiger charge is 2.33. The maximum absolute atomic E-state index is 13.4. The van der Waals surface area contributed by atoms with E-state index in [4.69, 9.17) is 4.74 Å². The molecule has 0 aromatic heterocycles. The molecule has 3 aliphatic rings. The van der Waals surface area contributed by atoms with Gasteiger partial charge in [0.05, 0.1) is 17.1 Å². The van der Waals surface area contributed by atoms with Gasteiger partial charge in [0.1, 0.15) is 0 Å². The summed E-state index contributed by atoms with van der Waals surface area (Å²) in [4.78, 5) is 18.1. The number of morpholine rings is 1. The van der Waals surface area contributed by atoms with Crippen LogP contribution in [-0.4, -0.2) is 85.9 Å². The number of hydrogen-bond donors (Lipinski definition) is 0. The minimum atomic E-state index is -3.60. The summed E-state index contributed by atoms with van der Waals surface area (Å²) in [7, 11) is -3.60. The highest BCUT2D eigenvalue weighted by atomic mass is 32.2. The molecule has 0 radical (unpaired) electrons. The minimum absolute atomic E-state index is 0.00401. The molecule has 3 unspecified atom stereocenters. The molecule has 0 N–H and O–H groups in total. The fourth-order valence-electron chi connectivity index (χ4n) is 5.84. The maximum atomic E-state index is 13.4. The van der Waals surface area contributed by atoms with Crippen molar-refractivity contribution in [2.75, 3.05) is 39.3 Å². The molecule has 4 rings (SSSR count). The number of benzene rings is 1. The van der Waals surface area contributed by atoms with Crippen molar-refractivity contribution in [1.82, 2.24) is 14.1 Å². The first-order chi connectivity index (χ1) is 16.1. The van der Waals surface area contributed by atoms with Crippen LogP contribution >= 0.6 is 0 Å². The number of nitrogens with zero attached hydrogens (tertiary/aromatic N) is 3. The zero-order valence-corrected chi connectivity index (χ0v) is 22.0. The van der Waals surface area contributed by atoms with Crippen LogP contribution in [0.3, 0.4) is 0 Å². The lowest BCUT2D eigenvalue weighted by Crippen LogP contribution is -2.48. The van der Waals surface area contributed by atoms with Crippen molar-refractivity contribution in [2.45, 2.75) is 82.9 Å². The first kappa shape index (κ1) is 25.6. The van der Waals surface area contributed by atoms with Crippen molar-refractivity contribution in [3.8, 4) is 0 Å². The van der Waals surface area contributed by atoms with E-state index in [1.807, 2.05) is 18.7 Å². The topological polar surface area (TPSA) is 70.2 Å². The molecule has 3 saturated heterocycles. The summed E-state index contributed by atoms with van der Waals surface area (Å²) in [6, 6.07) is 5.04. The Morgan fingerprint density at radius 1 is 1.00 bits per heavy atom. The van der Waals surface area contributed by atoms with E-state index < -0.39 is 10.0 Å². The Balaban J connectivity index is 1.40. The summed E-state index contributed by atoms with van der Waals surface area (Å²) < 4.78 is 34.1. The van der Waals surface area contributed by atoms with Gasteiger partial charge in [-0.15, -0.1) is 0 Å². The Hall–Kier alpha value is -1.48. The number of rotatable bonds is 5. The summed E-state index contributed by atoms with van der Waals surface area (Å²) in [5.74, 6) is 0.531. The van der Waals surface area contributed by atoms with Gasteiger partial charge in [-0.25, -0.2) is 8.42 Å². The number of aryl methyl sites for hydroxylation is 1. The van der Waals surface area contributed by atoms with Gasteiger partial charge in [-0.05, 0) is 77.0 Å². The zero-order valence-electron chi connectivity index (χ0n) is 21.2. The molecule has 3 fully saturated rings. The lowest BCUT2D eigenvalue weighted by atomic mass is 9.94. The normalized spacial score (nSPS) is 28.2. The van der Waals surface area contributed by atoms with Gasteiger partial charge in [0.2, 0.25) is 10.0 Å². The van der Waals surface area contributed by atoms with Crippen molar-refractivity contribution >= 4 is 15.9 Å². The quantitative estimate of drug-likeness (QED) is 0.630. The molecule has 1 amide bonds. The first-order valence-corrected chi connectivity index (χ1v) is 14.4. The highest BCUT2D eigenvalue weighted by Crippen LogP contribution is 2.28. The van der Waals surface area contributed by atoms with Gasteiger partial charge in [-0.3, -0.25) is 9.69 Å².